The lowest BCUT2D eigenvalue weighted by Gasteiger charge is -2.31. The molecule has 0 unspecified atom stereocenters. The molecule has 1 aliphatic rings. The van der Waals surface area contributed by atoms with Gasteiger partial charge in [-0.15, -0.1) is 0 Å². The van der Waals surface area contributed by atoms with E-state index in [9.17, 15) is 4.79 Å². The average molecular weight is 366 g/mol. The van der Waals surface area contributed by atoms with Crippen LogP contribution >= 0.6 is 11.6 Å². The molecule has 0 spiro atoms. The summed E-state index contributed by atoms with van der Waals surface area (Å²) in [4.78, 5) is 24.1. The SMILES string of the molecule is C[C@H]1CCCN(C(=O)c2cc(-c3cccnc3)nc3ccc(Cl)cc23)C1. The third-order valence-electron chi connectivity index (χ3n) is 4.90. The minimum absolute atomic E-state index is 0.0522. The molecule has 1 atom stereocenters. The second kappa shape index (κ2) is 7.04. The maximum absolute atomic E-state index is 13.3. The van der Waals surface area contributed by atoms with E-state index in [4.69, 9.17) is 16.6 Å². The Morgan fingerprint density at radius 3 is 2.92 bits per heavy atom. The van der Waals surface area contributed by atoms with Gasteiger partial charge in [0.2, 0.25) is 0 Å². The Morgan fingerprint density at radius 1 is 1.27 bits per heavy atom. The molecule has 4 nitrogen and oxygen atoms in total. The first kappa shape index (κ1) is 17.0. The quantitative estimate of drug-likeness (QED) is 0.653. The molecular weight excluding hydrogens is 346 g/mol. The van der Waals surface area contributed by atoms with Gasteiger partial charge in [0.1, 0.15) is 0 Å². The number of halogens is 1. The summed E-state index contributed by atoms with van der Waals surface area (Å²) >= 11 is 6.20. The molecular formula is C21H20ClN3O. The smallest absolute Gasteiger partial charge is 0.254 e. The lowest BCUT2D eigenvalue weighted by Crippen LogP contribution is -2.39. The molecule has 1 aliphatic heterocycles. The maximum Gasteiger partial charge on any atom is 0.254 e. The number of aromatic nitrogens is 2. The minimum atomic E-state index is 0.0522. The van der Waals surface area contributed by atoms with Crippen LogP contribution in [0.4, 0.5) is 0 Å². The predicted molar refractivity (Wildman–Crippen MR) is 104 cm³/mol. The number of nitrogens with zero attached hydrogens (tertiary/aromatic N) is 3. The van der Waals surface area contributed by atoms with Gasteiger partial charge in [0.15, 0.2) is 0 Å². The normalized spacial score (nSPS) is 17.5. The zero-order valence-electron chi connectivity index (χ0n) is 14.7. The van der Waals surface area contributed by atoms with Crippen LogP contribution in [0, 0.1) is 5.92 Å². The van der Waals surface area contributed by atoms with E-state index in [-0.39, 0.29) is 5.91 Å². The molecule has 1 fully saturated rings. The van der Waals surface area contributed by atoms with E-state index < -0.39 is 0 Å². The van der Waals surface area contributed by atoms with Crippen molar-refractivity contribution in [2.75, 3.05) is 13.1 Å². The predicted octanol–water partition coefficient (Wildman–Crippen LogP) is 4.82. The standard InChI is InChI=1S/C21H20ClN3O/c1-14-4-3-9-25(13-14)21(26)18-11-20(15-5-2-8-23-12-15)24-19-7-6-16(22)10-17(18)19/h2,5-8,10-12,14H,3-4,9,13H2,1H3/t14-/m0/s1. The van der Waals surface area contributed by atoms with Gasteiger partial charge in [-0.05, 0) is 55.2 Å². The Hall–Kier alpha value is -2.46. The van der Waals surface area contributed by atoms with Crippen molar-refractivity contribution in [1.29, 1.82) is 0 Å². The summed E-state index contributed by atoms with van der Waals surface area (Å²) in [5.74, 6) is 0.582. The molecule has 5 heteroatoms. The summed E-state index contributed by atoms with van der Waals surface area (Å²) in [6, 6.07) is 11.2. The Morgan fingerprint density at radius 2 is 2.15 bits per heavy atom. The molecule has 3 heterocycles. The third-order valence-corrected chi connectivity index (χ3v) is 5.14. The van der Waals surface area contributed by atoms with Crippen molar-refractivity contribution in [1.82, 2.24) is 14.9 Å². The molecule has 2 aromatic heterocycles. The van der Waals surface area contributed by atoms with Crippen molar-refractivity contribution in [2.45, 2.75) is 19.8 Å². The number of fused-ring (bicyclic) bond motifs is 1. The molecule has 0 bridgehead atoms. The number of pyridine rings is 2. The van der Waals surface area contributed by atoms with Gasteiger partial charge in [0.25, 0.3) is 5.91 Å². The van der Waals surface area contributed by atoms with Crippen molar-refractivity contribution < 1.29 is 4.79 Å². The summed E-state index contributed by atoms with van der Waals surface area (Å²) in [7, 11) is 0. The Bertz CT molecular complexity index is 958. The number of benzene rings is 1. The average Bonchev–Trinajstić information content (AvgIpc) is 2.67. The third kappa shape index (κ3) is 3.29. The number of hydrogen-bond acceptors (Lipinski definition) is 3. The van der Waals surface area contributed by atoms with Crippen LogP contribution in [0.1, 0.15) is 30.1 Å². The molecule has 0 N–H and O–H groups in total. The van der Waals surface area contributed by atoms with Gasteiger partial charge in [-0.1, -0.05) is 18.5 Å². The number of carbonyl (C=O) groups excluding carboxylic acids is 1. The molecule has 1 saturated heterocycles. The monoisotopic (exact) mass is 365 g/mol. The number of carbonyl (C=O) groups is 1. The molecule has 26 heavy (non-hydrogen) atoms. The largest absolute Gasteiger partial charge is 0.338 e. The first-order valence-electron chi connectivity index (χ1n) is 8.92. The van der Waals surface area contributed by atoms with Gasteiger partial charge in [0, 0.05) is 41.5 Å². The Kier molecular flexibility index (Phi) is 4.60. The fraction of sp³-hybridized carbons (Fsp3) is 0.286. The van der Waals surface area contributed by atoms with Gasteiger partial charge in [0.05, 0.1) is 16.8 Å². The zero-order valence-corrected chi connectivity index (χ0v) is 15.4. The highest BCUT2D eigenvalue weighted by Crippen LogP contribution is 2.28. The van der Waals surface area contributed by atoms with Crippen LogP contribution < -0.4 is 0 Å². The zero-order chi connectivity index (χ0) is 18.1. The number of piperidine rings is 1. The van der Waals surface area contributed by atoms with Crippen LogP contribution in [0.5, 0.6) is 0 Å². The van der Waals surface area contributed by atoms with E-state index in [1.54, 1.807) is 18.5 Å². The molecule has 0 radical (unpaired) electrons. The van der Waals surface area contributed by atoms with Crippen LogP contribution in [0.3, 0.4) is 0 Å². The van der Waals surface area contributed by atoms with Crippen molar-refractivity contribution in [2.24, 2.45) is 5.92 Å². The van der Waals surface area contributed by atoms with E-state index in [1.165, 1.54) is 6.42 Å². The van der Waals surface area contributed by atoms with E-state index in [2.05, 4.69) is 11.9 Å². The lowest BCUT2D eigenvalue weighted by molar-refractivity contribution is 0.0685. The second-order valence-electron chi connectivity index (χ2n) is 6.96. The van der Waals surface area contributed by atoms with Crippen LogP contribution in [0.25, 0.3) is 22.2 Å². The van der Waals surface area contributed by atoms with Gasteiger partial charge in [-0.3, -0.25) is 9.78 Å². The molecule has 0 aliphatic carbocycles. The number of amides is 1. The Labute approximate surface area is 157 Å². The lowest BCUT2D eigenvalue weighted by atomic mass is 9.98. The first-order valence-corrected chi connectivity index (χ1v) is 9.29. The van der Waals surface area contributed by atoms with Gasteiger partial charge in [-0.2, -0.15) is 0 Å². The second-order valence-corrected chi connectivity index (χ2v) is 7.39. The number of hydrogen-bond donors (Lipinski definition) is 0. The van der Waals surface area contributed by atoms with E-state index in [0.29, 0.717) is 16.5 Å². The highest BCUT2D eigenvalue weighted by Gasteiger charge is 2.24. The molecule has 1 amide bonds. The van der Waals surface area contributed by atoms with Gasteiger partial charge in [-0.25, -0.2) is 4.98 Å². The fourth-order valence-corrected chi connectivity index (χ4v) is 3.75. The molecule has 132 valence electrons. The topological polar surface area (TPSA) is 46.1 Å². The van der Waals surface area contributed by atoms with Gasteiger partial charge >= 0.3 is 0 Å². The summed E-state index contributed by atoms with van der Waals surface area (Å²) in [6.45, 7) is 3.79. The summed E-state index contributed by atoms with van der Waals surface area (Å²) < 4.78 is 0. The number of likely N-dealkylation sites (tertiary alicyclic amines) is 1. The van der Waals surface area contributed by atoms with Crippen molar-refractivity contribution in [3.63, 3.8) is 0 Å². The van der Waals surface area contributed by atoms with Crippen LogP contribution in [-0.4, -0.2) is 33.9 Å². The molecule has 3 aromatic rings. The van der Waals surface area contributed by atoms with E-state index >= 15 is 0 Å². The highest BCUT2D eigenvalue weighted by atomic mass is 35.5. The highest BCUT2D eigenvalue weighted by molar-refractivity contribution is 6.31. The summed E-state index contributed by atoms with van der Waals surface area (Å²) in [5.41, 5.74) is 3.07. The van der Waals surface area contributed by atoms with Crippen molar-refractivity contribution in [3.8, 4) is 11.3 Å². The van der Waals surface area contributed by atoms with Crippen molar-refractivity contribution >= 4 is 28.4 Å². The summed E-state index contributed by atoms with van der Waals surface area (Å²) in [6.07, 6.45) is 5.71. The van der Waals surface area contributed by atoms with Crippen LogP contribution in [-0.2, 0) is 0 Å². The van der Waals surface area contributed by atoms with Crippen LogP contribution in [0.2, 0.25) is 5.02 Å². The summed E-state index contributed by atoms with van der Waals surface area (Å²) in [5, 5.41) is 1.41. The fourth-order valence-electron chi connectivity index (χ4n) is 3.58. The number of rotatable bonds is 2. The van der Waals surface area contributed by atoms with Crippen LogP contribution in [0.15, 0.2) is 48.8 Å². The van der Waals surface area contributed by atoms with E-state index in [1.807, 2.05) is 35.2 Å². The first-order chi connectivity index (χ1) is 12.6. The minimum Gasteiger partial charge on any atom is -0.338 e. The molecule has 1 aromatic carbocycles. The van der Waals surface area contributed by atoms with Gasteiger partial charge < -0.3 is 4.90 Å². The Balaban J connectivity index is 1.85. The molecule has 4 rings (SSSR count). The molecule has 0 saturated carbocycles. The van der Waals surface area contributed by atoms with Crippen molar-refractivity contribution in [3.05, 3.63) is 59.4 Å². The van der Waals surface area contributed by atoms with E-state index in [0.717, 1.165) is 41.7 Å². The maximum atomic E-state index is 13.3.